The summed E-state index contributed by atoms with van der Waals surface area (Å²) in [6.07, 6.45) is 1.51. The molecule has 0 aliphatic carbocycles. The summed E-state index contributed by atoms with van der Waals surface area (Å²) in [6, 6.07) is 8.75. The molecule has 0 fully saturated rings. The number of pyridine rings is 2. The number of rotatable bonds is 3. The van der Waals surface area contributed by atoms with Gasteiger partial charge in [-0.2, -0.15) is 4.39 Å². The van der Waals surface area contributed by atoms with Crippen molar-refractivity contribution in [2.75, 3.05) is 16.8 Å². The molecule has 9 heteroatoms. The number of aryl methyl sites for hydroxylation is 1. The second kappa shape index (κ2) is 8.03. The molecule has 1 aromatic carbocycles. The van der Waals surface area contributed by atoms with Crippen molar-refractivity contribution in [3.05, 3.63) is 70.6 Å². The van der Waals surface area contributed by atoms with Crippen LogP contribution in [0.4, 0.5) is 20.2 Å². The molecule has 0 radical (unpaired) electrons. The molecular weight excluding hydrogens is 426 g/mol. The van der Waals surface area contributed by atoms with E-state index in [0.29, 0.717) is 17.0 Å². The number of carbonyl (C=O) groups is 2. The molecule has 6 nitrogen and oxygen atoms in total. The zero-order valence-electron chi connectivity index (χ0n) is 16.6. The summed E-state index contributed by atoms with van der Waals surface area (Å²) < 4.78 is 28.6. The largest absolute Gasteiger partial charge is 0.324 e. The van der Waals surface area contributed by atoms with E-state index in [9.17, 15) is 18.4 Å². The second-order valence-electron chi connectivity index (χ2n) is 7.21. The minimum absolute atomic E-state index is 0.0595. The van der Waals surface area contributed by atoms with Gasteiger partial charge < -0.3 is 10.2 Å². The number of hydrogen-bond donors (Lipinski definition) is 1. The molecular formula is C22H17ClF2N4O2. The Labute approximate surface area is 181 Å². The van der Waals surface area contributed by atoms with E-state index in [-0.39, 0.29) is 22.0 Å². The summed E-state index contributed by atoms with van der Waals surface area (Å²) in [5, 5.41) is 2.46. The summed E-state index contributed by atoms with van der Waals surface area (Å²) >= 11 is 5.67. The Balaban J connectivity index is 1.75. The first-order chi connectivity index (χ1) is 14.8. The van der Waals surface area contributed by atoms with Gasteiger partial charge in [-0.3, -0.25) is 14.6 Å². The summed E-state index contributed by atoms with van der Waals surface area (Å²) in [5.74, 6) is -3.11. The van der Waals surface area contributed by atoms with Gasteiger partial charge >= 0.3 is 0 Å². The van der Waals surface area contributed by atoms with E-state index < -0.39 is 36.0 Å². The van der Waals surface area contributed by atoms with Crippen LogP contribution in [0, 0.1) is 18.7 Å². The second-order valence-corrected chi connectivity index (χ2v) is 7.62. The van der Waals surface area contributed by atoms with Gasteiger partial charge in [-0.25, -0.2) is 9.37 Å². The molecule has 158 valence electrons. The predicted octanol–water partition coefficient (Wildman–Crippen LogP) is 4.47. The van der Waals surface area contributed by atoms with E-state index in [1.807, 2.05) is 0 Å². The van der Waals surface area contributed by atoms with Gasteiger partial charge in [0.2, 0.25) is 17.8 Å². The van der Waals surface area contributed by atoms with Crippen LogP contribution in [0.1, 0.15) is 24.1 Å². The lowest BCUT2D eigenvalue weighted by molar-refractivity contribution is -0.122. The third-order valence-corrected chi connectivity index (χ3v) is 5.36. The smallest absolute Gasteiger partial charge is 0.244 e. The summed E-state index contributed by atoms with van der Waals surface area (Å²) in [6.45, 7) is 2.86. The van der Waals surface area contributed by atoms with E-state index >= 15 is 0 Å². The van der Waals surface area contributed by atoms with Crippen LogP contribution in [0.25, 0.3) is 11.3 Å². The Hall–Kier alpha value is -3.39. The molecule has 0 bridgehead atoms. The lowest BCUT2D eigenvalue weighted by Crippen LogP contribution is -2.40. The SMILES string of the molecule is Cc1cc2c(c(F)n1)-c1ncccc1[C@H](C)C(=O)N2CC(=O)Nc1ccc(Cl)c(F)c1. The van der Waals surface area contributed by atoms with E-state index in [1.54, 1.807) is 32.0 Å². The average Bonchev–Trinajstić information content (AvgIpc) is 2.80. The maximum absolute atomic E-state index is 14.9. The summed E-state index contributed by atoms with van der Waals surface area (Å²) in [5.41, 5.74) is 1.65. The van der Waals surface area contributed by atoms with Gasteiger partial charge in [-0.1, -0.05) is 17.7 Å². The molecule has 1 N–H and O–H groups in total. The highest BCUT2D eigenvalue weighted by Gasteiger charge is 2.35. The van der Waals surface area contributed by atoms with Crippen molar-refractivity contribution in [2.24, 2.45) is 0 Å². The van der Waals surface area contributed by atoms with E-state index in [0.717, 1.165) is 6.07 Å². The van der Waals surface area contributed by atoms with Crippen LogP contribution >= 0.6 is 11.6 Å². The predicted molar refractivity (Wildman–Crippen MR) is 113 cm³/mol. The van der Waals surface area contributed by atoms with Crippen LogP contribution in [0.5, 0.6) is 0 Å². The summed E-state index contributed by atoms with van der Waals surface area (Å²) in [4.78, 5) is 35.4. The van der Waals surface area contributed by atoms with Crippen molar-refractivity contribution in [1.82, 2.24) is 9.97 Å². The molecule has 31 heavy (non-hydrogen) atoms. The van der Waals surface area contributed by atoms with Gasteiger partial charge in [-0.05, 0) is 49.7 Å². The van der Waals surface area contributed by atoms with Gasteiger partial charge in [-0.15, -0.1) is 0 Å². The highest BCUT2D eigenvalue weighted by Crippen LogP contribution is 2.41. The molecule has 1 atom stereocenters. The van der Waals surface area contributed by atoms with E-state index in [4.69, 9.17) is 11.6 Å². The van der Waals surface area contributed by atoms with Crippen LogP contribution < -0.4 is 10.2 Å². The van der Waals surface area contributed by atoms with Gasteiger partial charge in [0.1, 0.15) is 12.4 Å². The number of halogens is 3. The molecule has 4 rings (SSSR count). The molecule has 0 unspecified atom stereocenters. The van der Waals surface area contributed by atoms with E-state index in [2.05, 4.69) is 15.3 Å². The number of benzene rings is 1. The van der Waals surface area contributed by atoms with E-state index in [1.165, 1.54) is 23.2 Å². The molecule has 1 aliphatic rings. The standard InChI is InChI=1S/C22H17ClF2N4O2/c1-11-8-17-19(21(25)27-11)20-14(4-3-7-26-20)12(2)22(31)29(17)10-18(30)28-13-5-6-15(23)16(24)9-13/h3-9,12H,10H2,1-2H3,(H,28,30)/t12-/m0/s1. The lowest BCUT2D eigenvalue weighted by Gasteiger charge is -2.24. The number of nitrogens with zero attached hydrogens (tertiary/aromatic N) is 3. The molecule has 2 aromatic heterocycles. The van der Waals surface area contributed by atoms with Gasteiger partial charge in [0.15, 0.2) is 0 Å². The topological polar surface area (TPSA) is 75.2 Å². The highest BCUT2D eigenvalue weighted by atomic mass is 35.5. The molecule has 0 spiro atoms. The van der Waals surface area contributed by atoms with Gasteiger partial charge in [0.05, 0.1) is 27.9 Å². The van der Waals surface area contributed by atoms with Crippen LogP contribution in [-0.2, 0) is 9.59 Å². The first-order valence-electron chi connectivity index (χ1n) is 9.45. The summed E-state index contributed by atoms with van der Waals surface area (Å²) in [7, 11) is 0. The number of fused-ring (bicyclic) bond motifs is 3. The maximum atomic E-state index is 14.9. The fourth-order valence-corrected chi connectivity index (χ4v) is 3.71. The molecule has 2 amide bonds. The van der Waals surface area contributed by atoms with Crippen molar-refractivity contribution in [3.63, 3.8) is 0 Å². The van der Waals surface area contributed by atoms with Gasteiger partial charge in [0, 0.05) is 17.6 Å². The third kappa shape index (κ3) is 3.86. The highest BCUT2D eigenvalue weighted by molar-refractivity contribution is 6.30. The van der Waals surface area contributed by atoms with Crippen molar-refractivity contribution < 1.29 is 18.4 Å². The third-order valence-electron chi connectivity index (χ3n) is 5.06. The van der Waals surface area contributed by atoms with Crippen LogP contribution in [-0.4, -0.2) is 28.3 Å². The zero-order valence-corrected chi connectivity index (χ0v) is 17.4. The van der Waals surface area contributed by atoms with Crippen molar-refractivity contribution in [3.8, 4) is 11.3 Å². The zero-order chi connectivity index (χ0) is 22.3. The maximum Gasteiger partial charge on any atom is 0.244 e. The molecule has 0 saturated carbocycles. The average molecular weight is 443 g/mol. The number of hydrogen-bond acceptors (Lipinski definition) is 4. The van der Waals surface area contributed by atoms with Crippen molar-refractivity contribution in [1.29, 1.82) is 0 Å². The number of anilines is 2. The molecule has 3 aromatic rings. The number of nitrogens with one attached hydrogen (secondary N) is 1. The van der Waals surface area contributed by atoms with Crippen LogP contribution in [0.3, 0.4) is 0 Å². The number of aromatic nitrogens is 2. The first kappa shape index (κ1) is 20.9. The number of amides is 2. The molecule has 0 saturated heterocycles. The quantitative estimate of drug-likeness (QED) is 0.607. The van der Waals surface area contributed by atoms with Crippen LogP contribution in [0.2, 0.25) is 5.02 Å². The Bertz CT molecular complexity index is 1220. The van der Waals surface area contributed by atoms with Crippen molar-refractivity contribution in [2.45, 2.75) is 19.8 Å². The van der Waals surface area contributed by atoms with Crippen LogP contribution in [0.15, 0.2) is 42.6 Å². The Morgan fingerprint density at radius 3 is 2.77 bits per heavy atom. The number of carbonyl (C=O) groups excluding carboxylic acids is 2. The molecule has 1 aliphatic heterocycles. The first-order valence-corrected chi connectivity index (χ1v) is 9.82. The molecule has 3 heterocycles. The Kier molecular flexibility index (Phi) is 5.41. The van der Waals surface area contributed by atoms with Gasteiger partial charge in [0.25, 0.3) is 0 Å². The lowest BCUT2D eigenvalue weighted by atomic mass is 9.97. The monoisotopic (exact) mass is 442 g/mol. The minimum atomic E-state index is -0.776. The fourth-order valence-electron chi connectivity index (χ4n) is 3.59. The minimum Gasteiger partial charge on any atom is -0.324 e. The normalized spacial score (nSPS) is 15.2. The Morgan fingerprint density at radius 2 is 2.03 bits per heavy atom. The fraction of sp³-hybridized carbons (Fsp3) is 0.182. The van der Waals surface area contributed by atoms with Crippen molar-refractivity contribution >= 4 is 34.8 Å². The Morgan fingerprint density at radius 1 is 1.26 bits per heavy atom.